The van der Waals surface area contributed by atoms with Gasteiger partial charge in [0, 0.05) is 12.1 Å². The standard InChI is InChI=1S/C14H26N2O2/c1-5-10(2)15-12(17)14(3,4)13(18)16-11-8-6-7-9-11/h10-11H,5-9H2,1-4H3,(H,15,17)(H,16,18). The summed E-state index contributed by atoms with van der Waals surface area (Å²) >= 11 is 0. The molecule has 1 aliphatic rings. The van der Waals surface area contributed by atoms with Crippen molar-refractivity contribution in [3.63, 3.8) is 0 Å². The first-order chi connectivity index (χ1) is 8.37. The molecule has 0 aliphatic heterocycles. The zero-order valence-electron chi connectivity index (χ0n) is 12.0. The molecule has 1 unspecified atom stereocenters. The van der Waals surface area contributed by atoms with Crippen LogP contribution in [0.15, 0.2) is 0 Å². The Bertz CT molecular complexity index is 307. The van der Waals surface area contributed by atoms with Crippen LogP contribution in [0.2, 0.25) is 0 Å². The van der Waals surface area contributed by atoms with Gasteiger partial charge in [-0.2, -0.15) is 0 Å². The van der Waals surface area contributed by atoms with Crippen LogP contribution in [0, 0.1) is 5.41 Å². The minimum Gasteiger partial charge on any atom is -0.353 e. The Kier molecular flexibility index (Phi) is 5.17. The quantitative estimate of drug-likeness (QED) is 0.737. The molecule has 0 bridgehead atoms. The summed E-state index contributed by atoms with van der Waals surface area (Å²) in [6, 6.07) is 0.365. The fraction of sp³-hybridized carbons (Fsp3) is 0.857. The monoisotopic (exact) mass is 254 g/mol. The lowest BCUT2D eigenvalue weighted by Gasteiger charge is -2.26. The summed E-state index contributed by atoms with van der Waals surface area (Å²) < 4.78 is 0. The molecule has 2 amide bonds. The van der Waals surface area contributed by atoms with Crippen molar-refractivity contribution in [3.8, 4) is 0 Å². The average molecular weight is 254 g/mol. The summed E-state index contributed by atoms with van der Waals surface area (Å²) in [5.74, 6) is -0.345. The largest absolute Gasteiger partial charge is 0.353 e. The van der Waals surface area contributed by atoms with Crippen LogP contribution >= 0.6 is 0 Å². The summed E-state index contributed by atoms with van der Waals surface area (Å²) in [5.41, 5.74) is -0.994. The summed E-state index contributed by atoms with van der Waals surface area (Å²) in [5, 5.41) is 5.87. The third-order valence-electron chi connectivity index (χ3n) is 3.82. The van der Waals surface area contributed by atoms with E-state index in [-0.39, 0.29) is 23.9 Å². The molecule has 4 heteroatoms. The molecule has 0 heterocycles. The molecule has 0 spiro atoms. The van der Waals surface area contributed by atoms with Crippen LogP contribution in [-0.2, 0) is 9.59 Å². The minimum atomic E-state index is -0.994. The highest BCUT2D eigenvalue weighted by molar-refractivity contribution is 6.04. The van der Waals surface area contributed by atoms with Gasteiger partial charge in [0.2, 0.25) is 11.8 Å². The lowest BCUT2D eigenvalue weighted by Crippen LogP contribution is -2.51. The van der Waals surface area contributed by atoms with E-state index >= 15 is 0 Å². The van der Waals surface area contributed by atoms with Gasteiger partial charge in [-0.1, -0.05) is 19.8 Å². The molecule has 1 saturated carbocycles. The molecule has 0 radical (unpaired) electrons. The van der Waals surface area contributed by atoms with E-state index in [1.165, 1.54) is 12.8 Å². The van der Waals surface area contributed by atoms with Crippen LogP contribution in [0.25, 0.3) is 0 Å². The van der Waals surface area contributed by atoms with Gasteiger partial charge in [0.05, 0.1) is 0 Å². The van der Waals surface area contributed by atoms with E-state index in [4.69, 9.17) is 0 Å². The molecule has 18 heavy (non-hydrogen) atoms. The SMILES string of the molecule is CCC(C)NC(=O)C(C)(C)C(=O)NC1CCCC1. The second kappa shape index (κ2) is 6.21. The highest BCUT2D eigenvalue weighted by atomic mass is 16.2. The van der Waals surface area contributed by atoms with Crippen LogP contribution < -0.4 is 10.6 Å². The van der Waals surface area contributed by atoms with Gasteiger partial charge in [-0.25, -0.2) is 0 Å². The molecule has 104 valence electrons. The lowest BCUT2D eigenvalue weighted by atomic mass is 9.90. The third kappa shape index (κ3) is 3.72. The number of amides is 2. The highest BCUT2D eigenvalue weighted by Crippen LogP contribution is 2.21. The fourth-order valence-electron chi connectivity index (χ4n) is 2.05. The maximum atomic E-state index is 12.2. The Morgan fingerprint density at radius 3 is 2.28 bits per heavy atom. The van der Waals surface area contributed by atoms with Crippen molar-refractivity contribution in [2.45, 2.75) is 71.9 Å². The van der Waals surface area contributed by atoms with Crippen molar-refractivity contribution in [3.05, 3.63) is 0 Å². The number of hydrogen-bond donors (Lipinski definition) is 2. The van der Waals surface area contributed by atoms with Crippen molar-refractivity contribution in [2.75, 3.05) is 0 Å². The first-order valence-corrected chi connectivity index (χ1v) is 6.99. The molecule has 0 aromatic heterocycles. The van der Waals surface area contributed by atoms with Gasteiger partial charge >= 0.3 is 0 Å². The van der Waals surface area contributed by atoms with Crippen LogP contribution in [0.5, 0.6) is 0 Å². The summed E-state index contributed by atoms with van der Waals surface area (Å²) in [6.07, 6.45) is 5.28. The number of carbonyl (C=O) groups excluding carboxylic acids is 2. The molecule has 1 atom stereocenters. The Morgan fingerprint density at radius 2 is 1.78 bits per heavy atom. The minimum absolute atomic E-state index is 0.107. The number of carbonyl (C=O) groups is 2. The lowest BCUT2D eigenvalue weighted by molar-refractivity contribution is -0.142. The smallest absolute Gasteiger partial charge is 0.235 e. The Balaban J connectivity index is 2.54. The van der Waals surface area contributed by atoms with Crippen molar-refractivity contribution in [1.82, 2.24) is 10.6 Å². The third-order valence-corrected chi connectivity index (χ3v) is 3.82. The van der Waals surface area contributed by atoms with E-state index in [0.717, 1.165) is 19.3 Å². The zero-order chi connectivity index (χ0) is 13.8. The van der Waals surface area contributed by atoms with Gasteiger partial charge in [0.1, 0.15) is 5.41 Å². The summed E-state index contributed by atoms with van der Waals surface area (Å²) in [6.45, 7) is 7.34. The van der Waals surface area contributed by atoms with Crippen LogP contribution in [0.1, 0.15) is 59.8 Å². The molecule has 0 aromatic rings. The number of rotatable bonds is 5. The van der Waals surface area contributed by atoms with Crippen LogP contribution in [0.4, 0.5) is 0 Å². The van der Waals surface area contributed by atoms with Gasteiger partial charge in [0.25, 0.3) is 0 Å². The second-order valence-electron chi connectivity index (χ2n) is 5.86. The molecule has 2 N–H and O–H groups in total. The van der Waals surface area contributed by atoms with Gasteiger partial charge in [-0.3, -0.25) is 9.59 Å². The van der Waals surface area contributed by atoms with Crippen molar-refractivity contribution < 1.29 is 9.59 Å². The van der Waals surface area contributed by atoms with Crippen LogP contribution in [0.3, 0.4) is 0 Å². The zero-order valence-corrected chi connectivity index (χ0v) is 12.0. The Labute approximate surface area is 110 Å². The molecular weight excluding hydrogens is 228 g/mol. The van der Waals surface area contributed by atoms with E-state index in [2.05, 4.69) is 10.6 Å². The predicted molar refractivity (Wildman–Crippen MR) is 72.1 cm³/mol. The van der Waals surface area contributed by atoms with Crippen LogP contribution in [-0.4, -0.2) is 23.9 Å². The van der Waals surface area contributed by atoms with E-state index in [1.807, 2.05) is 13.8 Å². The molecule has 1 rings (SSSR count). The van der Waals surface area contributed by atoms with Gasteiger partial charge in [-0.05, 0) is 40.0 Å². The first-order valence-electron chi connectivity index (χ1n) is 6.99. The highest BCUT2D eigenvalue weighted by Gasteiger charge is 2.37. The van der Waals surface area contributed by atoms with Gasteiger partial charge in [-0.15, -0.1) is 0 Å². The van der Waals surface area contributed by atoms with E-state index < -0.39 is 5.41 Å². The Morgan fingerprint density at radius 1 is 1.22 bits per heavy atom. The predicted octanol–water partition coefficient (Wildman–Crippen LogP) is 1.99. The van der Waals surface area contributed by atoms with E-state index in [9.17, 15) is 9.59 Å². The molecule has 1 fully saturated rings. The first kappa shape index (κ1) is 15.0. The van der Waals surface area contributed by atoms with Crippen molar-refractivity contribution >= 4 is 11.8 Å². The summed E-state index contributed by atoms with van der Waals surface area (Å²) in [7, 11) is 0. The second-order valence-corrected chi connectivity index (χ2v) is 5.86. The normalized spacial score (nSPS) is 18.4. The molecule has 1 aliphatic carbocycles. The molecule has 4 nitrogen and oxygen atoms in total. The van der Waals surface area contributed by atoms with E-state index in [0.29, 0.717) is 0 Å². The fourth-order valence-corrected chi connectivity index (χ4v) is 2.05. The number of nitrogens with one attached hydrogen (secondary N) is 2. The van der Waals surface area contributed by atoms with E-state index in [1.54, 1.807) is 13.8 Å². The maximum absolute atomic E-state index is 12.2. The molecule has 0 saturated heterocycles. The summed E-state index contributed by atoms with van der Waals surface area (Å²) in [4.78, 5) is 24.2. The van der Waals surface area contributed by atoms with Gasteiger partial charge < -0.3 is 10.6 Å². The molecule has 0 aromatic carbocycles. The molecular formula is C14H26N2O2. The maximum Gasteiger partial charge on any atom is 0.235 e. The topological polar surface area (TPSA) is 58.2 Å². The number of hydrogen-bond acceptors (Lipinski definition) is 2. The Hall–Kier alpha value is -1.06. The van der Waals surface area contributed by atoms with Gasteiger partial charge in [0.15, 0.2) is 0 Å². The average Bonchev–Trinajstić information content (AvgIpc) is 2.81. The van der Waals surface area contributed by atoms with Crippen molar-refractivity contribution in [1.29, 1.82) is 0 Å². The van der Waals surface area contributed by atoms with Crippen molar-refractivity contribution in [2.24, 2.45) is 5.41 Å².